The lowest BCUT2D eigenvalue weighted by atomic mass is 9.76. The van der Waals surface area contributed by atoms with Gasteiger partial charge in [0.2, 0.25) is 5.91 Å². The Morgan fingerprint density at radius 1 is 1.40 bits per heavy atom. The van der Waals surface area contributed by atoms with Gasteiger partial charge in [0.15, 0.2) is 0 Å². The van der Waals surface area contributed by atoms with E-state index in [1.54, 1.807) is 7.11 Å². The molecule has 1 fully saturated rings. The highest BCUT2D eigenvalue weighted by Gasteiger charge is 2.27. The Kier molecular flexibility index (Phi) is 6.96. The Balaban J connectivity index is 2.44. The molecule has 2 unspecified atom stereocenters. The topological polar surface area (TPSA) is 55.6 Å². The standard InChI is InChI=1S/C16H32N2O2/c1-16(2,3)13(9-10-17)7-8-15(19)18-11-5-6-14(12-18)20-4/h13-14H,5-12,17H2,1-4H3. The fourth-order valence-corrected chi connectivity index (χ4v) is 3.02. The summed E-state index contributed by atoms with van der Waals surface area (Å²) in [5.74, 6) is 0.789. The van der Waals surface area contributed by atoms with Gasteiger partial charge in [-0.1, -0.05) is 20.8 Å². The van der Waals surface area contributed by atoms with Gasteiger partial charge in [-0.15, -0.1) is 0 Å². The average Bonchev–Trinajstić information content (AvgIpc) is 2.41. The second-order valence-electron chi connectivity index (χ2n) is 7.02. The Morgan fingerprint density at radius 3 is 2.65 bits per heavy atom. The van der Waals surface area contributed by atoms with Gasteiger partial charge in [-0.3, -0.25) is 4.79 Å². The van der Waals surface area contributed by atoms with Crippen LogP contribution in [0.1, 0.15) is 52.9 Å². The molecule has 4 nitrogen and oxygen atoms in total. The predicted molar refractivity (Wildman–Crippen MR) is 82.5 cm³/mol. The number of rotatable bonds is 6. The smallest absolute Gasteiger partial charge is 0.222 e. The van der Waals surface area contributed by atoms with Crippen LogP contribution < -0.4 is 5.73 Å². The van der Waals surface area contributed by atoms with E-state index in [-0.39, 0.29) is 17.4 Å². The molecule has 1 saturated heterocycles. The molecule has 0 aromatic rings. The summed E-state index contributed by atoms with van der Waals surface area (Å²) in [6.07, 6.45) is 4.91. The zero-order chi connectivity index (χ0) is 15.2. The number of methoxy groups -OCH3 is 1. The molecule has 0 bridgehead atoms. The highest BCUT2D eigenvalue weighted by molar-refractivity contribution is 5.76. The molecule has 0 spiro atoms. The van der Waals surface area contributed by atoms with Crippen molar-refractivity contribution in [3.05, 3.63) is 0 Å². The monoisotopic (exact) mass is 284 g/mol. The third-order valence-corrected chi connectivity index (χ3v) is 4.51. The molecule has 4 heteroatoms. The molecule has 118 valence electrons. The van der Waals surface area contributed by atoms with Gasteiger partial charge in [-0.25, -0.2) is 0 Å². The van der Waals surface area contributed by atoms with E-state index >= 15 is 0 Å². The Hall–Kier alpha value is -0.610. The summed E-state index contributed by atoms with van der Waals surface area (Å²) >= 11 is 0. The van der Waals surface area contributed by atoms with E-state index in [2.05, 4.69) is 20.8 Å². The van der Waals surface area contributed by atoms with Crippen LogP contribution in [-0.4, -0.2) is 43.7 Å². The van der Waals surface area contributed by atoms with Crippen LogP contribution in [0.25, 0.3) is 0 Å². The SMILES string of the molecule is COC1CCCN(C(=O)CCC(CCN)C(C)(C)C)C1. The lowest BCUT2D eigenvalue weighted by molar-refractivity contribution is -0.135. The van der Waals surface area contributed by atoms with Crippen LogP contribution in [0.5, 0.6) is 0 Å². The zero-order valence-electron chi connectivity index (χ0n) is 13.7. The van der Waals surface area contributed by atoms with Crippen LogP contribution in [0.2, 0.25) is 0 Å². The van der Waals surface area contributed by atoms with E-state index in [1.807, 2.05) is 4.90 Å². The maximum atomic E-state index is 12.3. The van der Waals surface area contributed by atoms with Crippen molar-refractivity contribution in [1.82, 2.24) is 4.90 Å². The molecule has 1 amide bonds. The van der Waals surface area contributed by atoms with E-state index < -0.39 is 0 Å². The largest absolute Gasteiger partial charge is 0.380 e. The molecule has 20 heavy (non-hydrogen) atoms. The van der Waals surface area contributed by atoms with Crippen molar-refractivity contribution in [2.45, 2.75) is 59.0 Å². The Bertz CT molecular complexity index is 299. The zero-order valence-corrected chi connectivity index (χ0v) is 13.7. The molecular formula is C16H32N2O2. The summed E-state index contributed by atoms with van der Waals surface area (Å²) in [5, 5.41) is 0. The molecule has 0 aromatic carbocycles. The van der Waals surface area contributed by atoms with E-state index in [9.17, 15) is 4.79 Å². The minimum atomic E-state index is 0.218. The van der Waals surface area contributed by atoms with Gasteiger partial charge in [0.25, 0.3) is 0 Å². The van der Waals surface area contributed by atoms with Crippen molar-refractivity contribution in [3.63, 3.8) is 0 Å². The predicted octanol–water partition coefficient (Wildman–Crippen LogP) is 2.42. The lowest BCUT2D eigenvalue weighted by Crippen LogP contribution is -2.43. The molecule has 1 aliphatic rings. The van der Waals surface area contributed by atoms with E-state index in [0.717, 1.165) is 38.8 Å². The van der Waals surface area contributed by atoms with Crippen LogP contribution in [0.3, 0.4) is 0 Å². The fraction of sp³-hybridized carbons (Fsp3) is 0.938. The van der Waals surface area contributed by atoms with Crippen LogP contribution in [-0.2, 0) is 9.53 Å². The van der Waals surface area contributed by atoms with Crippen molar-refractivity contribution in [2.75, 3.05) is 26.7 Å². The van der Waals surface area contributed by atoms with E-state index in [0.29, 0.717) is 18.9 Å². The quantitative estimate of drug-likeness (QED) is 0.815. The lowest BCUT2D eigenvalue weighted by Gasteiger charge is -2.34. The van der Waals surface area contributed by atoms with Crippen molar-refractivity contribution in [3.8, 4) is 0 Å². The number of nitrogens with zero attached hydrogens (tertiary/aromatic N) is 1. The van der Waals surface area contributed by atoms with Gasteiger partial charge in [-0.2, -0.15) is 0 Å². The molecule has 1 heterocycles. The van der Waals surface area contributed by atoms with Crippen molar-refractivity contribution in [1.29, 1.82) is 0 Å². The second kappa shape index (κ2) is 7.99. The first-order chi connectivity index (χ1) is 9.38. The van der Waals surface area contributed by atoms with E-state index in [4.69, 9.17) is 10.5 Å². The highest BCUT2D eigenvalue weighted by Crippen LogP contribution is 2.32. The van der Waals surface area contributed by atoms with Gasteiger partial charge >= 0.3 is 0 Å². The minimum absolute atomic E-state index is 0.218. The summed E-state index contributed by atoms with van der Waals surface area (Å²) in [6, 6.07) is 0. The summed E-state index contributed by atoms with van der Waals surface area (Å²) in [4.78, 5) is 14.3. The molecule has 2 N–H and O–H groups in total. The first kappa shape index (κ1) is 17.4. The number of amides is 1. The van der Waals surface area contributed by atoms with Crippen LogP contribution in [0, 0.1) is 11.3 Å². The summed E-state index contributed by atoms with van der Waals surface area (Å²) in [7, 11) is 1.73. The van der Waals surface area contributed by atoms with E-state index in [1.165, 1.54) is 0 Å². The van der Waals surface area contributed by atoms with Gasteiger partial charge in [0.05, 0.1) is 6.10 Å². The minimum Gasteiger partial charge on any atom is -0.380 e. The summed E-state index contributed by atoms with van der Waals surface area (Å²) < 4.78 is 5.38. The van der Waals surface area contributed by atoms with Crippen LogP contribution in [0.4, 0.5) is 0 Å². The maximum absolute atomic E-state index is 12.3. The molecule has 1 aliphatic heterocycles. The van der Waals surface area contributed by atoms with Crippen molar-refractivity contribution in [2.24, 2.45) is 17.1 Å². The summed E-state index contributed by atoms with van der Waals surface area (Å²) in [5.41, 5.74) is 5.92. The number of piperidine rings is 1. The first-order valence-corrected chi connectivity index (χ1v) is 7.89. The molecule has 0 radical (unpaired) electrons. The Morgan fingerprint density at radius 2 is 2.10 bits per heavy atom. The molecular weight excluding hydrogens is 252 g/mol. The normalized spacial score (nSPS) is 21.9. The number of ether oxygens (including phenoxy) is 1. The highest BCUT2D eigenvalue weighted by atomic mass is 16.5. The number of carbonyl (C=O) groups excluding carboxylic acids is 1. The van der Waals surface area contributed by atoms with Crippen molar-refractivity contribution < 1.29 is 9.53 Å². The number of likely N-dealkylation sites (tertiary alicyclic amines) is 1. The third kappa shape index (κ3) is 5.41. The Labute approximate surface area is 124 Å². The number of hydrogen-bond acceptors (Lipinski definition) is 3. The first-order valence-electron chi connectivity index (χ1n) is 7.89. The summed E-state index contributed by atoms with van der Waals surface area (Å²) in [6.45, 7) is 9.05. The molecule has 0 saturated carbocycles. The van der Waals surface area contributed by atoms with Gasteiger partial charge in [0.1, 0.15) is 0 Å². The average molecular weight is 284 g/mol. The maximum Gasteiger partial charge on any atom is 0.222 e. The molecule has 0 aromatic heterocycles. The molecule has 2 atom stereocenters. The fourth-order valence-electron chi connectivity index (χ4n) is 3.02. The van der Waals surface area contributed by atoms with Gasteiger partial charge in [-0.05, 0) is 43.6 Å². The number of carbonyl (C=O) groups is 1. The van der Waals surface area contributed by atoms with Crippen LogP contribution >= 0.6 is 0 Å². The number of hydrogen-bond donors (Lipinski definition) is 1. The second-order valence-corrected chi connectivity index (χ2v) is 7.02. The van der Waals surface area contributed by atoms with Crippen molar-refractivity contribution >= 4 is 5.91 Å². The third-order valence-electron chi connectivity index (χ3n) is 4.51. The van der Waals surface area contributed by atoms with Crippen LogP contribution in [0.15, 0.2) is 0 Å². The molecule has 0 aliphatic carbocycles. The molecule has 1 rings (SSSR count). The van der Waals surface area contributed by atoms with Gasteiger partial charge in [0, 0.05) is 26.6 Å². The van der Waals surface area contributed by atoms with Gasteiger partial charge < -0.3 is 15.4 Å². The number of nitrogens with two attached hydrogens (primary N) is 1.